The lowest BCUT2D eigenvalue weighted by molar-refractivity contribution is -0.161. The van der Waals surface area contributed by atoms with Gasteiger partial charge in [-0.2, -0.15) is 0 Å². The minimum Gasteiger partial charge on any atom is -0.444 e. The molecule has 1 amide bonds. The van der Waals surface area contributed by atoms with Crippen LogP contribution in [0.3, 0.4) is 0 Å². The Kier molecular flexibility index (Phi) is 6.53. The molecule has 8 atom stereocenters. The molecule has 4 fully saturated rings. The Morgan fingerprint density at radius 3 is 2.40 bits per heavy atom. The lowest BCUT2D eigenvalue weighted by Crippen LogP contribution is -2.69. The van der Waals surface area contributed by atoms with Crippen LogP contribution in [-0.4, -0.2) is 42.5 Å². The molecule has 0 spiro atoms. The Morgan fingerprint density at radius 1 is 1.02 bits per heavy atom. The Labute approximate surface area is 251 Å². The standard InChI is InChI=1S/C35H48N2O5/c1-30(2)12-14-35(37-29(40)42-21-10-16-41-20-21)15-13-34(7)27(22(35)18-30)24(38)17-26-32(5)19-23(36-8)28(39)31(3,4)25(32)9-11-33(26,34)6/h17,19,21-22,25,27H,9-16,18,20H2,1-7H3,(H,37,40)/t21-,22-,25-,27-,32-,33+,34+,35-/m0/s1. The molecule has 0 aromatic heterocycles. The zero-order chi connectivity index (χ0) is 30.5. The van der Waals surface area contributed by atoms with Crippen LogP contribution in [0.25, 0.3) is 4.85 Å². The van der Waals surface area contributed by atoms with Crippen LogP contribution in [0.1, 0.15) is 99.8 Å². The zero-order valence-corrected chi connectivity index (χ0v) is 26.5. The lowest BCUT2D eigenvalue weighted by Gasteiger charge is -2.69. The third-order valence-electron chi connectivity index (χ3n) is 13.4. The highest BCUT2D eigenvalue weighted by molar-refractivity contribution is 6.03. The third kappa shape index (κ3) is 3.96. The number of ketones is 2. The first-order valence-electron chi connectivity index (χ1n) is 16.0. The first-order chi connectivity index (χ1) is 19.5. The molecule has 6 rings (SSSR count). The second-order valence-corrected chi connectivity index (χ2v) is 16.4. The number of carbonyl (C=O) groups excluding carboxylic acids is 3. The number of Topliss-reactive ketones (excluding diaryl/α,β-unsaturated/α-hetero) is 1. The summed E-state index contributed by atoms with van der Waals surface area (Å²) < 4.78 is 11.2. The van der Waals surface area contributed by atoms with Crippen molar-refractivity contribution in [2.45, 2.75) is 111 Å². The van der Waals surface area contributed by atoms with Gasteiger partial charge in [0.25, 0.3) is 0 Å². The van der Waals surface area contributed by atoms with Crippen molar-refractivity contribution in [2.24, 2.45) is 44.8 Å². The van der Waals surface area contributed by atoms with Crippen molar-refractivity contribution < 1.29 is 23.9 Å². The lowest BCUT2D eigenvalue weighted by atomic mass is 9.35. The maximum Gasteiger partial charge on any atom is 0.407 e. The molecule has 0 unspecified atom stereocenters. The Morgan fingerprint density at radius 2 is 1.74 bits per heavy atom. The van der Waals surface area contributed by atoms with E-state index in [1.807, 2.05) is 26.0 Å². The fraction of sp³-hybridized carbons (Fsp3) is 0.771. The maximum atomic E-state index is 14.6. The van der Waals surface area contributed by atoms with E-state index in [1.54, 1.807) is 0 Å². The molecule has 0 bridgehead atoms. The number of fused-ring (bicyclic) bond motifs is 7. The largest absolute Gasteiger partial charge is 0.444 e. The zero-order valence-electron chi connectivity index (χ0n) is 26.5. The summed E-state index contributed by atoms with van der Waals surface area (Å²) in [6, 6.07) is 0. The van der Waals surface area contributed by atoms with Gasteiger partial charge in [-0.05, 0) is 79.1 Å². The van der Waals surface area contributed by atoms with Crippen molar-refractivity contribution in [1.29, 1.82) is 0 Å². The van der Waals surface area contributed by atoms with Gasteiger partial charge in [0, 0.05) is 28.7 Å². The summed E-state index contributed by atoms with van der Waals surface area (Å²) >= 11 is 0. The highest BCUT2D eigenvalue weighted by Crippen LogP contribution is 2.73. The molecular weight excluding hydrogens is 528 g/mol. The molecule has 7 nitrogen and oxygen atoms in total. The van der Waals surface area contributed by atoms with E-state index in [0.717, 1.165) is 50.5 Å². The van der Waals surface area contributed by atoms with Crippen LogP contribution >= 0.6 is 0 Å². The summed E-state index contributed by atoms with van der Waals surface area (Å²) in [6.07, 6.45) is 10.0. The van der Waals surface area contributed by atoms with Crippen LogP contribution in [0, 0.1) is 51.4 Å². The van der Waals surface area contributed by atoms with E-state index in [4.69, 9.17) is 16.0 Å². The summed E-state index contributed by atoms with van der Waals surface area (Å²) in [5.41, 5.74) is -0.907. The minimum absolute atomic E-state index is 0.00116. The average molecular weight is 577 g/mol. The molecule has 6 aliphatic rings. The number of allylic oxidation sites excluding steroid dienone is 4. The molecule has 1 aliphatic heterocycles. The summed E-state index contributed by atoms with van der Waals surface area (Å²) in [5, 5.41) is 3.37. The Bertz CT molecular complexity index is 1330. The van der Waals surface area contributed by atoms with E-state index in [1.165, 1.54) is 0 Å². The number of hydrogen-bond acceptors (Lipinski definition) is 5. The van der Waals surface area contributed by atoms with Crippen molar-refractivity contribution in [3.8, 4) is 0 Å². The minimum atomic E-state index is -0.671. The van der Waals surface area contributed by atoms with E-state index in [0.29, 0.717) is 19.6 Å². The molecule has 42 heavy (non-hydrogen) atoms. The Balaban J connectivity index is 1.43. The second-order valence-electron chi connectivity index (χ2n) is 16.4. The highest BCUT2D eigenvalue weighted by Gasteiger charge is 2.70. The number of hydrogen-bond donors (Lipinski definition) is 1. The summed E-state index contributed by atoms with van der Waals surface area (Å²) in [4.78, 5) is 44.9. The summed E-state index contributed by atoms with van der Waals surface area (Å²) in [5.74, 6) is -0.131. The van der Waals surface area contributed by atoms with Gasteiger partial charge in [0.15, 0.2) is 11.6 Å². The molecule has 7 heteroatoms. The van der Waals surface area contributed by atoms with Gasteiger partial charge in [0.2, 0.25) is 5.70 Å². The molecular formula is C35H48N2O5. The SMILES string of the molecule is [C-]#[N+]C1=C[C@]2(C)C3=CC(=O)[C@@H]4[C@@H]5CC(C)(C)CC[C@]5(NC(=O)O[C@H]5CCOC5)CC[C@@]4(C)[C@]3(C)CC[C@H]2C(C)(C)C1=O. The number of ether oxygens (including phenoxy) is 2. The van der Waals surface area contributed by atoms with Crippen LogP contribution < -0.4 is 5.32 Å². The van der Waals surface area contributed by atoms with E-state index in [2.05, 4.69) is 44.8 Å². The topological polar surface area (TPSA) is 86.1 Å². The van der Waals surface area contributed by atoms with Gasteiger partial charge in [0.05, 0.1) is 19.8 Å². The number of rotatable bonds is 2. The van der Waals surface area contributed by atoms with Gasteiger partial charge >= 0.3 is 6.09 Å². The highest BCUT2D eigenvalue weighted by atomic mass is 16.6. The van der Waals surface area contributed by atoms with E-state index in [-0.39, 0.29) is 63.5 Å². The fourth-order valence-electron chi connectivity index (χ4n) is 10.8. The normalized spacial score (nSPS) is 45.2. The van der Waals surface area contributed by atoms with Crippen LogP contribution in [0.5, 0.6) is 0 Å². The summed E-state index contributed by atoms with van der Waals surface area (Å²) in [7, 11) is 0. The number of nitrogens with one attached hydrogen (secondary N) is 1. The van der Waals surface area contributed by atoms with Crippen molar-refractivity contribution in [1.82, 2.24) is 5.32 Å². The number of carbonyl (C=O) groups is 3. The van der Waals surface area contributed by atoms with Crippen LogP contribution in [-0.2, 0) is 19.1 Å². The van der Waals surface area contributed by atoms with E-state index >= 15 is 0 Å². The quantitative estimate of drug-likeness (QED) is 0.364. The van der Waals surface area contributed by atoms with Gasteiger partial charge in [-0.25, -0.2) is 9.64 Å². The molecule has 1 N–H and O–H groups in total. The predicted molar refractivity (Wildman–Crippen MR) is 159 cm³/mol. The van der Waals surface area contributed by atoms with Crippen LogP contribution in [0.4, 0.5) is 4.79 Å². The van der Waals surface area contributed by atoms with Crippen molar-refractivity contribution >= 4 is 17.7 Å². The van der Waals surface area contributed by atoms with Gasteiger partial charge in [-0.3, -0.25) is 4.79 Å². The van der Waals surface area contributed by atoms with Gasteiger partial charge in [0.1, 0.15) is 6.10 Å². The second kappa shape index (κ2) is 9.27. The molecule has 1 heterocycles. The molecule has 228 valence electrons. The van der Waals surface area contributed by atoms with E-state index in [9.17, 15) is 14.4 Å². The average Bonchev–Trinajstić information content (AvgIpc) is 3.41. The van der Waals surface area contributed by atoms with E-state index < -0.39 is 16.4 Å². The third-order valence-corrected chi connectivity index (χ3v) is 13.4. The summed E-state index contributed by atoms with van der Waals surface area (Å²) in [6.45, 7) is 24.2. The number of nitrogens with zero attached hydrogens (tertiary/aromatic N) is 1. The smallest absolute Gasteiger partial charge is 0.407 e. The van der Waals surface area contributed by atoms with Crippen LogP contribution in [0.2, 0.25) is 0 Å². The maximum absolute atomic E-state index is 14.6. The monoisotopic (exact) mass is 576 g/mol. The van der Waals surface area contributed by atoms with Gasteiger partial charge in [-0.15, -0.1) is 0 Å². The van der Waals surface area contributed by atoms with Crippen molar-refractivity contribution in [3.63, 3.8) is 0 Å². The first-order valence-corrected chi connectivity index (χ1v) is 16.0. The van der Waals surface area contributed by atoms with Crippen molar-refractivity contribution in [3.05, 3.63) is 34.8 Å². The molecule has 0 radical (unpaired) electrons. The Hall–Kier alpha value is -2.46. The molecule has 1 saturated heterocycles. The number of alkyl carbamates (subject to hydrolysis) is 1. The molecule has 5 aliphatic carbocycles. The number of amides is 1. The van der Waals surface area contributed by atoms with Gasteiger partial charge < -0.3 is 19.6 Å². The van der Waals surface area contributed by atoms with Crippen molar-refractivity contribution in [2.75, 3.05) is 13.2 Å². The molecule has 3 saturated carbocycles. The van der Waals surface area contributed by atoms with Crippen LogP contribution in [0.15, 0.2) is 23.4 Å². The molecule has 0 aromatic rings. The molecule has 0 aromatic carbocycles. The fourth-order valence-corrected chi connectivity index (χ4v) is 10.8. The first kappa shape index (κ1) is 29.6. The van der Waals surface area contributed by atoms with Gasteiger partial charge in [-0.1, -0.05) is 60.1 Å². The predicted octanol–water partition coefficient (Wildman–Crippen LogP) is 6.83.